The second-order valence-corrected chi connectivity index (χ2v) is 5.71. The molecule has 1 aliphatic heterocycles. The highest BCUT2D eigenvalue weighted by Gasteiger charge is 2.25. The van der Waals surface area contributed by atoms with E-state index in [1.165, 1.54) is 12.1 Å². The third-order valence-corrected chi connectivity index (χ3v) is 3.98. The van der Waals surface area contributed by atoms with E-state index < -0.39 is 4.92 Å². The predicted molar refractivity (Wildman–Crippen MR) is 86.9 cm³/mol. The lowest BCUT2D eigenvalue weighted by Crippen LogP contribution is -2.49. The molecule has 1 amide bonds. The van der Waals surface area contributed by atoms with Crippen molar-refractivity contribution in [3.8, 4) is 0 Å². The van der Waals surface area contributed by atoms with E-state index in [9.17, 15) is 14.9 Å². The zero-order valence-electron chi connectivity index (χ0n) is 13.4. The summed E-state index contributed by atoms with van der Waals surface area (Å²) in [5.74, 6) is -0.193. The van der Waals surface area contributed by atoms with Gasteiger partial charge in [0.2, 0.25) is 0 Å². The number of anilines is 1. The molecule has 126 valence electrons. The smallest absolute Gasteiger partial charge is 0.270 e. The maximum absolute atomic E-state index is 12.8. The van der Waals surface area contributed by atoms with Gasteiger partial charge < -0.3 is 14.9 Å². The molecule has 0 saturated carbocycles. The van der Waals surface area contributed by atoms with Gasteiger partial charge in [-0.15, -0.1) is 0 Å². The monoisotopic (exact) mass is 322 g/mol. The van der Waals surface area contributed by atoms with Gasteiger partial charge in [0, 0.05) is 64.6 Å². The SMILES string of the molecule is CN(C)c1ccc([N+](=O)[O-])cc1C(=O)N1CCN(CCO)CC1. The zero-order valence-corrected chi connectivity index (χ0v) is 13.4. The van der Waals surface area contributed by atoms with Crippen molar-refractivity contribution in [1.82, 2.24) is 9.80 Å². The minimum atomic E-state index is -0.491. The first-order valence-electron chi connectivity index (χ1n) is 7.52. The summed E-state index contributed by atoms with van der Waals surface area (Å²) in [7, 11) is 3.61. The fraction of sp³-hybridized carbons (Fsp3) is 0.533. The fourth-order valence-electron chi connectivity index (χ4n) is 2.69. The van der Waals surface area contributed by atoms with Gasteiger partial charge in [-0.1, -0.05) is 0 Å². The maximum Gasteiger partial charge on any atom is 0.270 e. The number of carbonyl (C=O) groups excluding carboxylic acids is 1. The van der Waals surface area contributed by atoms with Crippen molar-refractivity contribution in [2.24, 2.45) is 0 Å². The van der Waals surface area contributed by atoms with Crippen molar-refractivity contribution in [3.05, 3.63) is 33.9 Å². The molecule has 1 saturated heterocycles. The number of hydrogen-bond acceptors (Lipinski definition) is 6. The number of non-ortho nitro benzene ring substituents is 1. The predicted octanol–water partition coefficient (Wildman–Crippen LogP) is 0.411. The summed E-state index contributed by atoms with van der Waals surface area (Å²) < 4.78 is 0. The third kappa shape index (κ3) is 3.96. The van der Waals surface area contributed by atoms with Gasteiger partial charge in [-0.25, -0.2) is 0 Å². The molecular formula is C15H22N4O4. The number of amides is 1. The molecule has 0 spiro atoms. The Hall–Kier alpha value is -2.19. The number of β-amino-alcohol motifs (C(OH)–C–C–N with tert-alkyl or cyclic N) is 1. The lowest BCUT2D eigenvalue weighted by molar-refractivity contribution is -0.384. The number of benzene rings is 1. The molecule has 1 fully saturated rings. The molecule has 8 heteroatoms. The van der Waals surface area contributed by atoms with Crippen molar-refractivity contribution in [2.75, 3.05) is 58.3 Å². The fourth-order valence-corrected chi connectivity index (χ4v) is 2.69. The van der Waals surface area contributed by atoms with Crippen LogP contribution in [0.25, 0.3) is 0 Å². The number of nitro benzene ring substituents is 1. The molecule has 1 heterocycles. The van der Waals surface area contributed by atoms with E-state index in [1.54, 1.807) is 30.0 Å². The van der Waals surface area contributed by atoms with E-state index in [2.05, 4.69) is 4.90 Å². The van der Waals surface area contributed by atoms with Crippen LogP contribution in [0.15, 0.2) is 18.2 Å². The number of nitro groups is 1. The minimum absolute atomic E-state index is 0.0853. The molecule has 0 aliphatic carbocycles. The molecule has 1 N–H and O–H groups in total. The van der Waals surface area contributed by atoms with Crippen LogP contribution in [0.4, 0.5) is 11.4 Å². The molecule has 1 aromatic rings. The van der Waals surface area contributed by atoms with Crippen LogP contribution in [-0.2, 0) is 0 Å². The van der Waals surface area contributed by atoms with Crippen LogP contribution in [0.1, 0.15) is 10.4 Å². The van der Waals surface area contributed by atoms with E-state index in [0.29, 0.717) is 44.0 Å². The minimum Gasteiger partial charge on any atom is -0.395 e. The maximum atomic E-state index is 12.8. The summed E-state index contributed by atoms with van der Waals surface area (Å²) in [5.41, 5.74) is 0.927. The summed E-state index contributed by atoms with van der Waals surface area (Å²) in [4.78, 5) is 28.8. The summed E-state index contributed by atoms with van der Waals surface area (Å²) in [6, 6.07) is 4.36. The standard InChI is InChI=1S/C15H22N4O4/c1-16(2)14-4-3-12(19(22)23)11-13(14)15(21)18-7-5-17(6-8-18)9-10-20/h3-4,11,20H,5-10H2,1-2H3. The van der Waals surface area contributed by atoms with E-state index >= 15 is 0 Å². The Morgan fingerprint density at radius 1 is 1.30 bits per heavy atom. The summed E-state index contributed by atoms with van der Waals surface area (Å²) in [6.45, 7) is 3.19. The van der Waals surface area contributed by atoms with Gasteiger partial charge in [0.15, 0.2) is 0 Å². The molecule has 2 rings (SSSR count). The Kier molecular flexibility index (Phi) is 5.51. The first kappa shape index (κ1) is 17.2. The first-order valence-corrected chi connectivity index (χ1v) is 7.52. The Morgan fingerprint density at radius 3 is 2.48 bits per heavy atom. The van der Waals surface area contributed by atoms with E-state index in [0.717, 1.165) is 0 Å². The first-order chi connectivity index (χ1) is 10.9. The van der Waals surface area contributed by atoms with Gasteiger partial charge in [-0.2, -0.15) is 0 Å². The van der Waals surface area contributed by atoms with Gasteiger partial charge in [0.05, 0.1) is 17.1 Å². The van der Waals surface area contributed by atoms with E-state index in [1.807, 2.05) is 0 Å². The average molecular weight is 322 g/mol. The van der Waals surface area contributed by atoms with Gasteiger partial charge in [-0.05, 0) is 6.07 Å². The van der Waals surface area contributed by atoms with Crippen LogP contribution in [0.5, 0.6) is 0 Å². The topological polar surface area (TPSA) is 90.2 Å². The average Bonchev–Trinajstić information content (AvgIpc) is 2.54. The van der Waals surface area contributed by atoms with Crippen molar-refractivity contribution in [1.29, 1.82) is 0 Å². The second-order valence-electron chi connectivity index (χ2n) is 5.71. The van der Waals surface area contributed by atoms with Gasteiger partial charge in [0.25, 0.3) is 11.6 Å². The number of rotatable bonds is 5. The Balaban J connectivity index is 2.21. The molecule has 8 nitrogen and oxygen atoms in total. The molecule has 0 aromatic heterocycles. The van der Waals surface area contributed by atoms with Crippen molar-refractivity contribution in [3.63, 3.8) is 0 Å². The van der Waals surface area contributed by atoms with Crippen LogP contribution in [-0.4, -0.2) is 79.2 Å². The molecule has 0 unspecified atom stereocenters. The van der Waals surface area contributed by atoms with Crippen LogP contribution < -0.4 is 4.90 Å². The van der Waals surface area contributed by atoms with Gasteiger partial charge in [0.1, 0.15) is 0 Å². The largest absolute Gasteiger partial charge is 0.395 e. The number of hydrogen-bond donors (Lipinski definition) is 1. The van der Waals surface area contributed by atoms with Crippen molar-refractivity contribution >= 4 is 17.3 Å². The van der Waals surface area contributed by atoms with E-state index in [-0.39, 0.29) is 18.2 Å². The molecule has 0 bridgehead atoms. The van der Waals surface area contributed by atoms with Crippen molar-refractivity contribution in [2.45, 2.75) is 0 Å². The molecule has 0 atom stereocenters. The molecular weight excluding hydrogens is 300 g/mol. The highest BCUT2D eigenvalue weighted by Crippen LogP contribution is 2.26. The second kappa shape index (κ2) is 7.38. The van der Waals surface area contributed by atoms with Crippen LogP contribution in [0, 0.1) is 10.1 Å². The van der Waals surface area contributed by atoms with Gasteiger partial charge in [-0.3, -0.25) is 19.8 Å². The lowest BCUT2D eigenvalue weighted by Gasteiger charge is -2.34. The third-order valence-electron chi connectivity index (χ3n) is 3.98. The highest BCUT2D eigenvalue weighted by atomic mass is 16.6. The lowest BCUT2D eigenvalue weighted by atomic mass is 10.1. The number of aliphatic hydroxyl groups is 1. The Morgan fingerprint density at radius 2 is 1.96 bits per heavy atom. The summed E-state index contributed by atoms with van der Waals surface area (Å²) >= 11 is 0. The summed E-state index contributed by atoms with van der Waals surface area (Å²) in [6.07, 6.45) is 0. The number of nitrogens with zero attached hydrogens (tertiary/aromatic N) is 4. The molecule has 0 radical (unpaired) electrons. The number of carbonyl (C=O) groups is 1. The van der Waals surface area contributed by atoms with Crippen LogP contribution >= 0.6 is 0 Å². The quantitative estimate of drug-likeness (QED) is 0.624. The molecule has 23 heavy (non-hydrogen) atoms. The number of piperazine rings is 1. The Bertz CT molecular complexity index is 583. The summed E-state index contributed by atoms with van der Waals surface area (Å²) in [5, 5.41) is 19.9. The normalized spacial score (nSPS) is 15.5. The van der Waals surface area contributed by atoms with E-state index in [4.69, 9.17) is 5.11 Å². The number of aliphatic hydroxyl groups excluding tert-OH is 1. The van der Waals surface area contributed by atoms with Crippen LogP contribution in [0.2, 0.25) is 0 Å². The zero-order chi connectivity index (χ0) is 17.0. The van der Waals surface area contributed by atoms with Gasteiger partial charge >= 0.3 is 0 Å². The highest BCUT2D eigenvalue weighted by molar-refractivity contribution is 6.00. The van der Waals surface area contributed by atoms with Crippen molar-refractivity contribution < 1.29 is 14.8 Å². The molecule has 1 aliphatic rings. The Labute approximate surface area is 135 Å². The molecule has 1 aromatic carbocycles. The van der Waals surface area contributed by atoms with Crippen LogP contribution in [0.3, 0.4) is 0 Å².